The van der Waals surface area contributed by atoms with E-state index in [9.17, 15) is 4.79 Å². The predicted molar refractivity (Wildman–Crippen MR) is 105 cm³/mol. The number of hydrogen-bond donors (Lipinski definition) is 2. The van der Waals surface area contributed by atoms with E-state index in [2.05, 4.69) is 35.4 Å². The zero-order valence-electron chi connectivity index (χ0n) is 13.8. The van der Waals surface area contributed by atoms with Crippen LogP contribution >= 0.6 is 11.6 Å². The van der Waals surface area contributed by atoms with Gasteiger partial charge in [-0.15, -0.1) is 0 Å². The van der Waals surface area contributed by atoms with Crippen molar-refractivity contribution in [1.29, 1.82) is 0 Å². The van der Waals surface area contributed by atoms with Crippen LogP contribution in [0.25, 0.3) is 21.8 Å². The van der Waals surface area contributed by atoms with Crippen molar-refractivity contribution in [3.8, 4) is 0 Å². The van der Waals surface area contributed by atoms with E-state index in [0.717, 1.165) is 23.0 Å². The number of aromatic amines is 1. The van der Waals surface area contributed by atoms with E-state index in [-0.39, 0.29) is 5.91 Å². The molecule has 25 heavy (non-hydrogen) atoms. The summed E-state index contributed by atoms with van der Waals surface area (Å²) >= 11 is 5.87. The minimum atomic E-state index is -0.152. The molecule has 0 radical (unpaired) electrons. The summed E-state index contributed by atoms with van der Waals surface area (Å²) in [7, 11) is 0. The summed E-state index contributed by atoms with van der Waals surface area (Å²) in [5.41, 5.74) is 4.82. The van der Waals surface area contributed by atoms with Crippen molar-refractivity contribution in [2.75, 3.05) is 5.32 Å². The monoisotopic (exact) mass is 348 g/mol. The van der Waals surface area contributed by atoms with Gasteiger partial charge in [0.25, 0.3) is 5.91 Å². The highest BCUT2D eigenvalue weighted by atomic mass is 35.5. The van der Waals surface area contributed by atoms with Gasteiger partial charge in [-0.3, -0.25) is 4.79 Å². The first-order valence-corrected chi connectivity index (χ1v) is 8.64. The van der Waals surface area contributed by atoms with Gasteiger partial charge >= 0.3 is 0 Å². The maximum Gasteiger partial charge on any atom is 0.255 e. The molecule has 0 unspecified atom stereocenters. The molecule has 1 amide bonds. The van der Waals surface area contributed by atoms with Gasteiger partial charge in [-0.25, -0.2) is 0 Å². The van der Waals surface area contributed by atoms with Crippen molar-refractivity contribution < 1.29 is 4.79 Å². The van der Waals surface area contributed by atoms with Gasteiger partial charge < -0.3 is 10.3 Å². The lowest BCUT2D eigenvalue weighted by molar-refractivity contribution is 0.102. The number of halogens is 1. The standard InChI is InChI=1S/C21H17ClN2O/c1-2-13-4-3-5-18-17-11-10-16(12-19(17)24-20(13)18)23-21(25)14-6-8-15(22)9-7-14/h3-12,24H,2H2,1H3,(H,23,25). The Hall–Kier alpha value is -2.78. The number of amides is 1. The minimum Gasteiger partial charge on any atom is -0.354 e. The maximum absolute atomic E-state index is 12.4. The number of aryl methyl sites for hydroxylation is 1. The zero-order chi connectivity index (χ0) is 17.4. The largest absolute Gasteiger partial charge is 0.354 e. The number of rotatable bonds is 3. The molecular formula is C21H17ClN2O. The van der Waals surface area contributed by atoms with Crippen LogP contribution in [-0.4, -0.2) is 10.9 Å². The van der Waals surface area contributed by atoms with E-state index in [4.69, 9.17) is 11.6 Å². The fourth-order valence-corrected chi connectivity index (χ4v) is 3.29. The summed E-state index contributed by atoms with van der Waals surface area (Å²) in [6, 6.07) is 19.2. The van der Waals surface area contributed by atoms with Gasteiger partial charge in [0.05, 0.1) is 0 Å². The molecule has 3 nitrogen and oxygen atoms in total. The van der Waals surface area contributed by atoms with Crippen LogP contribution in [-0.2, 0) is 6.42 Å². The average molecular weight is 349 g/mol. The number of aromatic nitrogens is 1. The predicted octanol–water partition coefficient (Wildman–Crippen LogP) is 5.79. The number of anilines is 1. The molecule has 0 saturated carbocycles. The lowest BCUT2D eigenvalue weighted by Gasteiger charge is -2.05. The fourth-order valence-electron chi connectivity index (χ4n) is 3.17. The van der Waals surface area contributed by atoms with Crippen LogP contribution in [0.3, 0.4) is 0 Å². The molecule has 0 aliphatic rings. The molecule has 2 N–H and O–H groups in total. The van der Waals surface area contributed by atoms with Crippen molar-refractivity contribution in [3.63, 3.8) is 0 Å². The molecule has 124 valence electrons. The fraction of sp³-hybridized carbons (Fsp3) is 0.0952. The van der Waals surface area contributed by atoms with Gasteiger partial charge in [-0.1, -0.05) is 42.8 Å². The molecule has 0 fully saturated rings. The summed E-state index contributed by atoms with van der Waals surface area (Å²) in [6.07, 6.45) is 0.977. The lowest BCUT2D eigenvalue weighted by Crippen LogP contribution is -2.11. The SMILES string of the molecule is CCc1cccc2c1[nH]c1cc(NC(=O)c3ccc(Cl)cc3)ccc12. The van der Waals surface area contributed by atoms with Gasteiger partial charge in [0.15, 0.2) is 0 Å². The van der Waals surface area contributed by atoms with Crippen LogP contribution in [0.1, 0.15) is 22.8 Å². The molecule has 4 aromatic rings. The second-order valence-corrected chi connectivity index (χ2v) is 6.48. The van der Waals surface area contributed by atoms with Crippen molar-refractivity contribution in [2.24, 2.45) is 0 Å². The molecule has 3 aromatic carbocycles. The third kappa shape index (κ3) is 2.87. The van der Waals surface area contributed by atoms with Crippen LogP contribution < -0.4 is 5.32 Å². The van der Waals surface area contributed by atoms with Crippen LogP contribution in [0.15, 0.2) is 60.7 Å². The number of carbonyl (C=O) groups is 1. The van der Waals surface area contributed by atoms with E-state index in [1.165, 1.54) is 16.5 Å². The first kappa shape index (κ1) is 15.7. The Bertz CT molecular complexity index is 1080. The lowest BCUT2D eigenvalue weighted by atomic mass is 10.1. The van der Waals surface area contributed by atoms with Crippen molar-refractivity contribution >= 4 is 45.0 Å². The minimum absolute atomic E-state index is 0.152. The zero-order valence-corrected chi connectivity index (χ0v) is 14.5. The summed E-state index contributed by atoms with van der Waals surface area (Å²) in [4.78, 5) is 15.9. The normalized spacial score (nSPS) is 11.1. The number of hydrogen-bond acceptors (Lipinski definition) is 1. The van der Waals surface area contributed by atoms with E-state index in [0.29, 0.717) is 10.6 Å². The highest BCUT2D eigenvalue weighted by molar-refractivity contribution is 6.30. The van der Waals surface area contributed by atoms with Crippen molar-refractivity contribution in [3.05, 3.63) is 76.8 Å². The Kier molecular flexibility index (Phi) is 3.94. The van der Waals surface area contributed by atoms with Crippen LogP contribution in [0, 0.1) is 0 Å². The number of nitrogens with one attached hydrogen (secondary N) is 2. The first-order chi connectivity index (χ1) is 12.2. The maximum atomic E-state index is 12.4. The molecule has 1 heterocycles. The topological polar surface area (TPSA) is 44.9 Å². The van der Waals surface area contributed by atoms with Gasteiger partial charge in [0.2, 0.25) is 0 Å². The number of H-pyrrole nitrogens is 1. The summed E-state index contributed by atoms with van der Waals surface area (Å²) < 4.78 is 0. The molecule has 0 atom stereocenters. The Morgan fingerprint density at radius 2 is 1.84 bits per heavy atom. The number of benzene rings is 3. The average Bonchev–Trinajstić information content (AvgIpc) is 3.00. The van der Waals surface area contributed by atoms with E-state index >= 15 is 0 Å². The van der Waals surface area contributed by atoms with E-state index in [1.807, 2.05) is 18.2 Å². The number of fused-ring (bicyclic) bond motifs is 3. The Morgan fingerprint density at radius 1 is 1.04 bits per heavy atom. The van der Waals surface area contributed by atoms with Crippen LogP contribution in [0.5, 0.6) is 0 Å². The van der Waals surface area contributed by atoms with Crippen LogP contribution in [0.4, 0.5) is 5.69 Å². The Morgan fingerprint density at radius 3 is 2.60 bits per heavy atom. The molecule has 4 heteroatoms. The smallest absolute Gasteiger partial charge is 0.255 e. The van der Waals surface area contributed by atoms with Gasteiger partial charge in [0, 0.05) is 38.1 Å². The van der Waals surface area contributed by atoms with E-state index < -0.39 is 0 Å². The highest BCUT2D eigenvalue weighted by Gasteiger charge is 2.10. The summed E-state index contributed by atoms with van der Waals surface area (Å²) in [5.74, 6) is -0.152. The number of carbonyl (C=O) groups excluding carboxylic acids is 1. The Balaban J connectivity index is 1.70. The molecule has 0 aliphatic heterocycles. The van der Waals surface area contributed by atoms with Crippen molar-refractivity contribution in [1.82, 2.24) is 4.98 Å². The number of para-hydroxylation sites is 1. The molecule has 1 aromatic heterocycles. The third-order valence-electron chi connectivity index (χ3n) is 4.47. The molecule has 0 saturated heterocycles. The third-order valence-corrected chi connectivity index (χ3v) is 4.72. The first-order valence-electron chi connectivity index (χ1n) is 8.26. The second kappa shape index (κ2) is 6.26. The van der Waals surface area contributed by atoms with E-state index in [1.54, 1.807) is 24.3 Å². The molecule has 0 bridgehead atoms. The van der Waals surface area contributed by atoms with Gasteiger partial charge in [-0.2, -0.15) is 0 Å². The van der Waals surface area contributed by atoms with Gasteiger partial charge in [0.1, 0.15) is 0 Å². The molecular weight excluding hydrogens is 332 g/mol. The quantitative estimate of drug-likeness (QED) is 0.483. The van der Waals surface area contributed by atoms with Crippen molar-refractivity contribution in [2.45, 2.75) is 13.3 Å². The highest BCUT2D eigenvalue weighted by Crippen LogP contribution is 2.29. The summed E-state index contributed by atoms with van der Waals surface area (Å²) in [6.45, 7) is 2.15. The molecule has 0 aliphatic carbocycles. The molecule has 0 spiro atoms. The van der Waals surface area contributed by atoms with Gasteiger partial charge in [-0.05, 0) is 48.4 Å². The molecule has 4 rings (SSSR count). The second-order valence-electron chi connectivity index (χ2n) is 6.04. The van der Waals surface area contributed by atoms with Crippen LogP contribution in [0.2, 0.25) is 5.02 Å². The Labute approximate surface area is 150 Å². The summed E-state index contributed by atoms with van der Waals surface area (Å²) in [5, 5.41) is 5.93.